The molecule has 1 amide bonds. The molecule has 3 aromatic rings. The minimum Gasteiger partial charge on any atom is -0.324 e. The maximum atomic E-state index is 12.0. The Bertz CT molecular complexity index is 817. The van der Waals surface area contributed by atoms with E-state index in [1.807, 2.05) is 41.3 Å². The van der Waals surface area contributed by atoms with Crippen LogP contribution in [0.5, 0.6) is 0 Å². The first-order valence-electron chi connectivity index (χ1n) is 6.75. The van der Waals surface area contributed by atoms with E-state index in [0.29, 0.717) is 15.9 Å². The van der Waals surface area contributed by atoms with Gasteiger partial charge < -0.3 is 9.88 Å². The number of thioether (sulfide) groups is 1. The number of nitrogens with one attached hydrogen (secondary N) is 1. The number of nitrogens with zero attached hydrogens (tertiary/aromatic N) is 3. The highest BCUT2D eigenvalue weighted by Gasteiger charge is 2.14. The average molecular weight is 365 g/mol. The second-order valence-corrected chi connectivity index (χ2v) is 6.96. The maximum Gasteiger partial charge on any atom is 0.234 e. The zero-order chi connectivity index (χ0) is 16.2. The molecule has 0 bridgehead atoms. The number of carbonyl (C=O) groups is 1. The Hall–Kier alpha value is -1.83. The van der Waals surface area contributed by atoms with Gasteiger partial charge in [-0.15, -0.1) is 21.5 Å². The van der Waals surface area contributed by atoms with Gasteiger partial charge in [-0.3, -0.25) is 4.79 Å². The van der Waals surface area contributed by atoms with Gasteiger partial charge in [0, 0.05) is 7.05 Å². The van der Waals surface area contributed by atoms with Crippen molar-refractivity contribution in [1.29, 1.82) is 0 Å². The van der Waals surface area contributed by atoms with Gasteiger partial charge in [-0.1, -0.05) is 41.6 Å². The van der Waals surface area contributed by atoms with E-state index in [4.69, 9.17) is 11.6 Å². The predicted molar refractivity (Wildman–Crippen MR) is 95.1 cm³/mol. The van der Waals surface area contributed by atoms with Gasteiger partial charge in [-0.25, -0.2) is 0 Å². The number of amides is 1. The van der Waals surface area contributed by atoms with E-state index in [1.165, 1.54) is 11.8 Å². The molecule has 0 aliphatic heterocycles. The minimum absolute atomic E-state index is 0.135. The molecular formula is C15H13ClN4OS2. The van der Waals surface area contributed by atoms with Crippen LogP contribution < -0.4 is 5.32 Å². The van der Waals surface area contributed by atoms with E-state index in [2.05, 4.69) is 15.5 Å². The molecule has 2 aromatic heterocycles. The number of carbonyl (C=O) groups excluding carboxylic acids is 1. The van der Waals surface area contributed by atoms with Crippen molar-refractivity contribution in [2.24, 2.45) is 7.05 Å². The molecule has 2 heterocycles. The minimum atomic E-state index is -0.135. The summed E-state index contributed by atoms with van der Waals surface area (Å²) in [7, 11) is 1.89. The van der Waals surface area contributed by atoms with Gasteiger partial charge in [0.05, 0.1) is 21.3 Å². The van der Waals surface area contributed by atoms with Gasteiger partial charge >= 0.3 is 0 Å². The van der Waals surface area contributed by atoms with Crippen LogP contribution in [0.25, 0.3) is 10.7 Å². The van der Waals surface area contributed by atoms with Crippen LogP contribution in [0.1, 0.15) is 0 Å². The summed E-state index contributed by atoms with van der Waals surface area (Å²) < 4.78 is 1.89. The lowest BCUT2D eigenvalue weighted by Crippen LogP contribution is -2.14. The molecule has 5 nitrogen and oxygen atoms in total. The summed E-state index contributed by atoms with van der Waals surface area (Å²) >= 11 is 8.97. The van der Waals surface area contributed by atoms with Crippen molar-refractivity contribution in [2.75, 3.05) is 11.1 Å². The second kappa shape index (κ2) is 7.16. The summed E-state index contributed by atoms with van der Waals surface area (Å²) in [6.07, 6.45) is 0. The molecule has 8 heteroatoms. The molecule has 0 unspecified atom stereocenters. The standard InChI is InChI=1S/C15H13ClN4OS2/c1-20-14(12-7-4-8-22-12)18-19-15(20)23-9-13(21)17-11-6-3-2-5-10(11)16/h2-8H,9H2,1H3,(H,17,21). The van der Waals surface area contributed by atoms with Crippen molar-refractivity contribution in [1.82, 2.24) is 14.8 Å². The number of thiophene rings is 1. The molecule has 1 aromatic carbocycles. The molecule has 0 spiro atoms. The normalized spacial score (nSPS) is 10.7. The third-order valence-electron chi connectivity index (χ3n) is 3.06. The zero-order valence-corrected chi connectivity index (χ0v) is 14.6. The van der Waals surface area contributed by atoms with Gasteiger partial charge in [-0.05, 0) is 23.6 Å². The van der Waals surface area contributed by atoms with E-state index < -0.39 is 0 Å². The fraction of sp³-hybridized carbons (Fsp3) is 0.133. The van der Waals surface area contributed by atoms with Crippen LogP contribution in [0.3, 0.4) is 0 Å². The van der Waals surface area contributed by atoms with Crippen molar-refractivity contribution in [3.8, 4) is 10.7 Å². The number of halogens is 1. The quantitative estimate of drug-likeness (QED) is 0.697. The first kappa shape index (κ1) is 16.0. The van der Waals surface area contributed by atoms with Crippen LogP contribution in [0.2, 0.25) is 5.02 Å². The third kappa shape index (κ3) is 3.74. The number of hydrogen-bond donors (Lipinski definition) is 1. The first-order chi connectivity index (χ1) is 11.1. The highest BCUT2D eigenvalue weighted by atomic mass is 35.5. The smallest absolute Gasteiger partial charge is 0.234 e. The molecule has 3 rings (SSSR count). The SMILES string of the molecule is Cn1c(SCC(=O)Nc2ccccc2Cl)nnc1-c1cccs1. The van der Waals surface area contributed by atoms with Crippen molar-refractivity contribution in [2.45, 2.75) is 5.16 Å². The Morgan fingerprint density at radius 1 is 1.30 bits per heavy atom. The summed E-state index contributed by atoms with van der Waals surface area (Å²) in [5, 5.41) is 14.3. The number of aromatic nitrogens is 3. The number of para-hydroxylation sites is 1. The summed E-state index contributed by atoms with van der Waals surface area (Å²) in [4.78, 5) is 13.1. The monoisotopic (exact) mass is 364 g/mol. The lowest BCUT2D eigenvalue weighted by atomic mass is 10.3. The Kier molecular flexibility index (Phi) is 5.00. The maximum absolute atomic E-state index is 12.0. The van der Waals surface area contributed by atoms with Gasteiger partial charge in [-0.2, -0.15) is 0 Å². The number of hydrogen-bond acceptors (Lipinski definition) is 5. The fourth-order valence-electron chi connectivity index (χ4n) is 1.94. The Morgan fingerprint density at radius 3 is 2.87 bits per heavy atom. The van der Waals surface area contributed by atoms with E-state index >= 15 is 0 Å². The topological polar surface area (TPSA) is 59.8 Å². The summed E-state index contributed by atoms with van der Waals surface area (Å²) in [5.41, 5.74) is 0.608. The van der Waals surface area contributed by atoms with Gasteiger partial charge in [0.25, 0.3) is 0 Å². The van der Waals surface area contributed by atoms with E-state index in [9.17, 15) is 4.79 Å². The Balaban J connectivity index is 1.63. The van der Waals surface area contributed by atoms with Crippen molar-refractivity contribution in [3.63, 3.8) is 0 Å². The number of anilines is 1. The van der Waals surface area contributed by atoms with Gasteiger partial charge in [0.1, 0.15) is 0 Å². The number of benzene rings is 1. The Labute approximate surface area is 146 Å². The van der Waals surface area contributed by atoms with Crippen molar-refractivity contribution >= 4 is 46.3 Å². The van der Waals surface area contributed by atoms with Crippen LogP contribution in [0, 0.1) is 0 Å². The van der Waals surface area contributed by atoms with Crippen molar-refractivity contribution in [3.05, 3.63) is 46.8 Å². The van der Waals surface area contributed by atoms with Gasteiger partial charge in [0.2, 0.25) is 5.91 Å². The molecule has 1 N–H and O–H groups in total. The second-order valence-electron chi connectivity index (χ2n) is 4.66. The predicted octanol–water partition coefficient (Wildman–Crippen LogP) is 3.93. The highest BCUT2D eigenvalue weighted by Crippen LogP contribution is 2.26. The van der Waals surface area contributed by atoms with Crippen LogP contribution in [0.15, 0.2) is 46.9 Å². The van der Waals surface area contributed by atoms with Crippen LogP contribution in [-0.4, -0.2) is 26.4 Å². The fourth-order valence-corrected chi connectivity index (χ4v) is 3.58. The molecule has 0 radical (unpaired) electrons. The Morgan fingerprint density at radius 2 is 2.13 bits per heavy atom. The summed E-state index contributed by atoms with van der Waals surface area (Å²) in [5.74, 6) is 0.902. The molecular weight excluding hydrogens is 352 g/mol. The van der Waals surface area contributed by atoms with Gasteiger partial charge in [0.15, 0.2) is 11.0 Å². The number of rotatable bonds is 5. The molecule has 0 saturated heterocycles. The highest BCUT2D eigenvalue weighted by molar-refractivity contribution is 7.99. The average Bonchev–Trinajstić information content (AvgIpc) is 3.17. The van der Waals surface area contributed by atoms with Crippen LogP contribution >= 0.6 is 34.7 Å². The van der Waals surface area contributed by atoms with E-state index in [-0.39, 0.29) is 11.7 Å². The molecule has 118 valence electrons. The zero-order valence-electron chi connectivity index (χ0n) is 12.2. The lowest BCUT2D eigenvalue weighted by Gasteiger charge is -2.06. The van der Waals surface area contributed by atoms with Crippen LogP contribution in [-0.2, 0) is 11.8 Å². The molecule has 0 aliphatic carbocycles. The van der Waals surface area contributed by atoms with E-state index in [0.717, 1.165) is 10.7 Å². The first-order valence-corrected chi connectivity index (χ1v) is 9.00. The molecule has 23 heavy (non-hydrogen) atoms. The third-order valence-corrected chi connectivity index (χ3v) is 5.27. The molecule has 0 aliphatic rings. The molecule has 0 fully saturated rings. The largest absolute Gasteiger partial charge is 0.324 e. The summed E-state index contributed by atoms with van der Waals surface area (Å²) in [6.45, 7) is 0. The lowest BCUT2D eigenvalue weighted by molar-refractivity contribution is -0.113. The van der Waals surface area contributed by atoms with Crippen molar-refractivity contribution < 1.29 is 4.79 Å². The molecule has 0 saturated carbocycles. The van der Waals surface area contributed by atoms with E-state index in [1.54, 1.807) is 23.5 Å². The molecule has 0 atom stereocenters. The summed E-state index contributed by atoms with van der Waals surface area (Å²) in [6, 6.07) is 11.1. The van der Waals surface area contributed by atoms with Crippen LogP contribution in [0.4, 0.5) is 5.69 Å².